The molecule has 0 aliphatic carbocycles. The smallest absolute Gasteiger partial charge is 0.304 e. The first kappa shape index (κ1) is 15.2. The molecule has 1 saturated heterocycles. The minimum atomic E-state index is -0.631. The molecule has 1 aliphatic heterocycles. The van der Waals surface area contributed by atoms with Crippen molar-refractivity contribution >= 4 is 17.3 Å². The average molecular weight is 293 g/mol. The third-order valence-electron chi connectivity index (χ3n) is 3.83. The van der Waals surface area contributed by atoms with Gasteiger partial charge in [-0.1, -0.05) is 18.9 Å². The summed E-state index contributed by atoms with van der Waals surface area (Å²) in [6.07, 6.45) is 3.46. The van der Waals surface area contributed by atoms with E-state index in [0.29, 0.717) is 13.0 Å². The van der Waals surface area contributed by atoms with E-state index in [4.69, 9.17) is 5.73 Å². The molecule has 114 valence electrons. The van der Waals surface area contributed by atoms with Crippen molar-refractivity contribution in [2.24, 2.45) is 0 Å². The molecular weight excluding hydrogens is 274 g/mol. The van der Waals surface area contributed by atoms with Gasteiger partial charge in [0.15, 0.2) is 0 Å². The lowest BCUT2D eigenvalue weighted by Crippen LogP contribution is -2.42. The number of carbonyl (C=O) groups excluding carboxylic acids is 1. The molecule has 0 radical (unpaired) electrons. The highest BCUT2D eigenvalue weighted by molar-refractivity contribution is 6.00. The lowest BCUT2D eigenvalue weighted by atomic mass is 10.1. The number of hydrogen-bond donors (Lipinski definition) is 2. The number of nitro groups is 1. The average Bonchev–Trinajstić information content (AvgIpc) is 2.70. The van der Waals surface area contributed by atoms with E-state index in [9.17, 15) is 20.0 Å². The number of rotatable bonds is 3. The number of aliphatic hydroxyl groups is 1. The number of nitro benzene ring substituents is 1. The van der Waals surface area contributed by atoms with Gasteiger partial charge in [0.25, 0.3) is 5.91 Å². The Morgan fingerprint density at radius 2 is 2.19 bits per heavy atom. The van der Waals surface area contributed by atoms with Crippen LogP contribution in [0.1, 0.15) is 36.0 Å². The number of para-hydroxylation sites is 1. The third-order valence-corrected chi connectivity index (χ3v) is 3.83. The molecule has 1 aromatic carbocycles. The van der Waals surface area contributed by atoms with Gasteiger partial charge in [-0.3, -0.25) is 14.9 Å². The fourth-order valence-corrected chi connectivity index (χ4v) is 2.73. The number of nitrogens with zero attached hydrogens (tertiary/aromatic N) is 2. The molecule has 7 heteroatoms. The Bertz CT molecular complexity index is 547. The Morgan fingerprint density at radius 1 is 1.43 bits per heavy atom. The molecule has 1 aliphatic rings. The summed E-state index contributed by atoms with van der Waals surface area (Å²) < 4.78 is 0. The van der Waals surface area contributed by atoms with Crippen LogP contribution in [0.2, 0.25) is 0 Å². The van der Waals surface area contributed by atoms with Gasteiger partial charge in [-0.15, -0.1) is 0 Å². The van der Waals surface area contributed by atoms with E-state index >= 15 is 0 Å². The van der Waals surface area contributed by atoms with Gasteiger partial charge in [0.2, 0.25) is 0 Å². The molecule has 0 saturated carbocycles. The molecule has 1 unspecified atom stereocenters. The van der Waals surface area contributed by atoms with Crippen LogP contribution < -0.4 is 5.73 Å². The normalized spacial score (nSPS) is 19.1. The van der Waals surface area contributed by atoms with Crippen LogP contribution in [0.3, 0.4) is 0 Å². The molecule has 0 aromatic heterocycles. The lowest BCUT2D eigenvalue weighted by Gasteiger charge is -2.28. The van der Waals surface area contributed by atoms with Crippen LogP contribution in [-0.4, -0.2) is 40.0 Å². The summed E-state index contributed by atoms with van der Waals surface area (Å²) in [4.78, 5) is 24.7. The maximum Gasteiger partial charge on any atom is 0.304 e. The Hall–Kier alpha value is -2.15. The summed E-state index contributed by atoms with van der Waals surface area (Å²) in [7, 11) is 0. The number of benzene rings is 1. The van der Waals surface area contributed by atoms with Crippen molar-refractivity contribution in [3.05, 3.63) is 33.9 Å². The summed E-state index contributed by atoms with van der Waals surface area (Å²) in [5.74, 6) is -0.435. The molecular formula is C14H19N3O4. The van der Waals surface area contributed by atoms with Gasteiger partial charge in [-0.05, 0) is 25.0 Å². The lowest BCUT2D eigenvalue weighted by molar-refractivity contribution is -0.384. The van der Waals surface area contributed by atoms with Crippen molar-refractivity contribution in [3.8, 4) is 0 Å². The van der Waals surface area contributed by atoms with Crippen molar-refractivity contribution in [1.82, 2.24) is 4.90 Å². The van der Waals surface area contributed by atoms with E-state index in [1.165, 1.54) is 23.1 Å². The molecule has 1 fully saturated rings. The zero-order chi connectivity index (χ0) is 15.4. The van der Waals surface area contributed by atoms with Crippen LogP contribution >= 0.6 is 0 Å². The largest absolute Gasteiger partial charge is 0.394 e. The molecule has 1 aromatic rings. The predicted molar refractivity (Wildman–Crippen MR) is 77.9 cm³/mol. The molecule has 1 heterocycles. The van der Waals surface area contributed by atoms with Crippen molar-refractivity contribution in [2.45, 2.75) is 31.7 Å². The second-order valence-electron chi connectivity index (χ2n) is 5.18. The molecule has 7 nitrogen and oxygen atoms in total. The molecule has 1 atom stereocenters. The van der Waals surface area contributed by atoms with Crippen LogP contribution in [0, 0.1) is 10.1 Å². The van der Waals surface area contributed by atoms with Gasteiger partial charge >= 0.3 is 5.69 Å². The number of anilines is 1. The minimum Gasteiger partial charge on any atom is -0.394 e. The quantitative estimate of drug-likeness (QED) is 0.499. The van der Waals surface area contributed by atoms with Gasteiger partial charge in [0.1, 0.15) is 11.3 Å². The third kappa shape index (κ3) is 3.13. The van der Waals surface area contributed by atoms with Crippen molar-refractivity contribution in [1.29, 1.82) is 0 Å². The fraction of sp³-hybridized carbons (Fsp3) is 0.500. The number of likely N-dealkylation sites (tertiary alicyclic amines) is 1. The number of hydrogen-bond acceptors (Lipinski definition) is 5. The van der Waals surface area contributed by atoms with E-state index in [-0.39, 0.29) is 29.6 Å². The number of nitrogens with two attached hydrogens (primary N) is 1. The van der Waals surface area contributed by atoms with Crippen LogP contribution in [-0.2, 0) is 0 Å². The first-order valence-corrected chi connectivity index (χ1v) is 7.01. The van der Waals surface area contributed by atoms with Gasteiger partial charge < -0.3 is 15.7 Å². The first-order chi connectivity index (χ1) is 10.1. The number of aliphatic hydroxyl groups excluding tert-OH is 1. The van der Waals surface area contributed by atoms with E-state index in [0.717, 1.165) is 19.3 Å². The Balaban J connectivity index is 2.38. The highest BCUT2D eigenvalue weighted by Gasteiger charge is 2.31. The predicted octanol–water partition coefficient (Wildman–Crippen LogP) is 1.55. The molecule has 0 bridgehead atoms. The van der Waals surface area contributed by atoms with Gasteiger partial charge in [-0.2, -0.15) is 0 Å². The monoisotopic (exact) mass is 293 g/mol. The summed E-state index contributed by atoms with van der Waals surface area (Å²) in [6, 6.07) is 4.05. The highest BCUT2D eigenvalue weighted by Crippen LogP contribution is 2.28. The van der Waals surface area contributed by atoms with E-state index < -0.39 is 10.8 Å². The van der Waals surface area contributed by atoms with Crippen molar-refractivity contribution in [2.75, 3.05) is 18.9 Å². The molecule has 2 rings (SSSR count). The standard InChI is InChI=1S/C14H19N3O4/c15-12-7-4-6-11(13(12)17(20)21)14(19)16-8-3-1-2-5-10(16)9-18/h4,6-7,10,18H,1-3,5,8-9,15H2. The number of amides is 1. The maximum absolute atomic E-state index is 12.7. The molecule has 3 N–H and O–H groups in total. The molecule has 0 spiro atoms. The second kappa shape index (κ2) is 6.53. The van der Waals surface area contributed by atoms with Crippen molar-refractivity contribution < 1.29 is 14.8 Å². The van der Waals surface area contributed by atoms with E-state index in [2.05, 4.69) is 0 Å². The molecule has 1 amide bonds. The topological polar surface area (TPSA) is 110 Å². The van der Waals surface area contributed by atoms with Crippen LogP contribution in [0.25, 0.3) is 0 Å². The first-order valence-electron chi connectivity index (χ1n) is 7.01. The van der Waals surface area contributed by atoms with Gasteiger partial charge in [0.05, 0.1) is 17.6 Å². The van der Waals surface area contributed by atoms with E-state index in [1.807, 2.05) is 0 Å². The van der Waals surface area contributed by atoms with Crippen molar-refractivity contribution in [3.63, 3.8) is 0 Å². The Morgan fingerprint density at radius 3 is 2.86 bits per heavy atom. The van der Waals surface area contributed by atoms with Crippen LogP contribution in [0.4, 0.5) is 11.4 Å². The SMILES string of the molecule is Nc1cccc(C(=O)N2CCCCCC2CO)c1[N+](=O)[O-]. The maximum atomic E-state index is 12.7. The Kier molecular flexibility index (Phi) is 4.74. The second-order valence-corrected chi connectivity index (χ2v) is 5.18. The minimum absolute atomic E-state index is 0.0136. The fourth-order valence-electron chi connectivity index (χ4n) is 2.73. The number of carbonyl (C=O) groups is 1. The summed E-state index contributed by atoms with van der Waals surface area (Å²) in [5, 5.41) is 20.6. The van der Waals surface area contributed by atoms with Gasteiger partial charge in [0, 0.05) is 6.54 Å². The van der Waals surface area contributed by atoms with Gasteiger partial charge in [-0.25, -0.2) is 0 Å². The number of nitrogen functional groups attached to an aromatic ring is 1. The summed E-state index contributed by atoms with van der Waals surface area (Å²) in [6.45, 7) is 0.359. The molecule has 21 heavy (non-hydrogen) atoms. The van der Waals surface area contributed by atoms with Crippen LogP contribution in [0.5, 0.6) is 0 Å². The highest BCUT2D eigenvalue weighted by atomic mass is 16.6. The zero-order valence-corrected chi connectivity index (χ0v) is 11.7. The Labute approximate surface area is 122 Å². The summed E-state index contributed by atoms with van der Waals surface area (Å²) in [5.41, 5.74) is 5.23. The zero-order valence-electron chi connectivity index (χ0n) is 11.7. The summed E-state index contributed by atoms with van der Waals surface area (Å²) >= 11 is 0. The van der Waals surface area contributed by atoms with E-state index in [1.54, 1.807) is 0 Å². The van der Waals surface area contributed by atoms with Crippen LogP contribution in [0.15, 0.2) is 18.2 Å².